The van der Waals surface area contributed by atoms with Crippen molar-refractivity contribution in [2.24, 2.45) is 10.2 Å². The Hall–Kier alpha value is -3.28. The third kappa shape index (κ3) is 8.01. The Morgan fingerprint density at radius 1 is 0.692 bits per heavy atom. The predicted molar refractivity (Wildman–Crippen MR) is 103 cm³/mol. The Balaban J connectivity index is 1.57. The second-order valence-corrected chi connectivity index (χ2v) is 5.57. The average Bonchev–Trinajstić information content (AvgIpc) is 2.68. The van der Waals surface area contributed by atoms with Gasteiger partial charge in [-0.3, -0.25) is 9.59 Å². The molecule has 0 aromatic heterocycles. The van der Waals surface area contributed by atoms with Crippen LogP contribution in [0.25, 0.3) is 0 Å². The van der Waals surface area contributed by atoms with E-state index in [0.29, 0.717) is 12.8 Å². The lowest BCUT2D eigenvalue weighted by atomic mass is 10.2. The summed E-state index contributed by atoms with van der Waals surface area (Å²) in [7, 11) is 0. The first-order chi connectivity index (χ1) is 12.7. The van der Waals surface area contributed by atoms with Crippen LogP contribution in [0.3, 0.4) is 0 Å². The van der Waals surface area contributed by atoms with Gasteiger partial charge < -0.3 is 0 Å². The minimum atomic E-state index is -0.308. The fourth-order valence-corrected chi connectivity index (χ4v) is 2.10. The second kappa shape index (κ2) is 11.3. The smallest absolute Gasteiger partial charge is 0.240 e. The number of nitrogens with zero attached hydrogens (tertiary/aromatic N) is 2. The van der Waals surface area contributed by atoms with E-state index in [4.69, 9.17) is 0 Å². The number of hydrogen-bond acceptors (Lipinski definition) is 4. The molecule has 0 radical (unpaired) electrons. The summed E-state index contributed by atoms with van der Waals surface area (Å²) in [6.07, 6.45) is 4.64. The summed E-state index contributed by atoms with van der Waals surface area (Å²) in [4.78, 5) is 23.3. The first kappa shape index (κ1) is 19.1. The monoisotopic (exact) mass is 350 g/mol. The van der Waals surface area contributed by atoms with Crippen LogP contribution in [-0.2, 0) is 22.4 Å². The molecule has 0 aliphatic rings. The molecule has 0 bridgehead atoms. The SMILES string of the molecule is O=C(CCC(=O)N/N=C\Cc1ccccc1)N/N=C\Cc1ccccc1. The number of carbonyl (C=O) groups is 2. The zero-order chi connectivity index (χ0) is 18.5. The molecule has 0 unspecified atom stereocenters. The lowest BCUT2D eigenvalue weighted by molar-refractivity contribution is -0.126. The predicted octanol–water partition coefficient (Wildman–Crippen LogP) is 2.46. The lowest BCUT2D eigenvalue weighted by Gasteiger charge is -2.00. The molecule has 6 heteroatoms. The van der Waals surface area contributed by atoms with E-state index in [-0.39, 0.29) is 24.7 Å². The van der Waals surface area contributed by atoms with Crippen molar-refractivity contribution in [2.75, 3.05) is 0 Å². The molecular weight excluding hydrogens is 328 g/mol. The summed E-state index contributed by atoms with van der Waals surface area (Å²) < 4.78 is 0. The maximum absolute atomic E-state index is 11.6. The number of benzene rings is 2. The highest BCUT2D eigenvalue weighted by atomic mass is 16.2. The summed E-state index contributed by atoms with van der Waals surface area (Å²) in [6.45, 7) is 0. The zero-order valence-electron chi connectivity index (χ0n) is 14.5. The van der Waals surface area contributed by atoms with Crippen LogP contribution >= 0.6 is 0 Å². The first-order valence-electron chi connectivity index (χ1n) is 8.42. The molecule has 0 fully saturated rings. The van der Waals surface area contributed by atoms with Crippen LogP contribution in [0.4, 0.5) is 0 Å². The number of nitrogens with one attached hydrogen (secondary N) is 2. The molecule has 0 saturated carbocycles. The Bertz CT molecular complexity index is 677. The van der Waals surface area contributed by atoms with Crippen LogP contribution in [0.5, 0.6) is 0 Å². The maximum Gasteiger partial charge on any atom is 0.240 e. The van der Waals surface area contributed by atoms with Gasteiger partial charge in [-0.05, 0) is 11.1 Å². The van der Waals surface area contributed by atoms with Gasteiger partial charge >= 0.3 is 0 Å². The molecule has 0 aliphatic carbocycles. The quantitative estimate of drug-likeness (QED) is 0.538. The van der Waals surface area contributed by atoms with Crippen LogP contribution in [0, 0.1) is 0 Å². The fraction of sp³-hybridized carbons (Fsp3) is 0.200. The Morgan fingerprint density at radius 3 is 1.46 bits per heavy atom. The molecule has 2 aromatic rings. The molecule has 2 amide bonds. The van der Waals surface area contributed by atoms with Crippen LogP contribution < -0.4 is 10.9 Å². The highest BCUT2D eigenvalue weighted by Gasteiger charge is 2.05. The summed E-state index contributed by atoms with van der Waals surface area (Å²) in [5.41, 5.74) is 7.04. The van der Waals surface area contributed by atoms with Crippen molar-refractivity contribution in [3.8, 4) is 0 Å². The van der Waals surface area contributed by atoms with Gasteiger partial charge in [-0.25, -0.2) is 10.9 Å². The largest absolute Gasteiger partial charge is 0.273 e. The molecule has 6 nitrogen and oxygen atoms in total. The summed E-state index contributed by atoms with van der Waals surface area (Å²) in [5.74, 6) is -0.615. The molecule has 0 aliphatic heterocycles. The summed E-state index contributed by atoms with van der Waals surface area (Å²) in [6, 6.07) is 19.6. The minimum absolute atomic E-state index is 0.0582. The molecule has 0 atom stereocenters. The molecule has 134 valence electrons. The molecule has 2 N–H and O–H groups in total. The van der Waals surface area contributed by atoms with Crippen molar-refractivity contribution < 1.29 is 9.59 Å². The minimum Gasteiger partial charge on any atom is -0.273 e. The van der Waals surface area contributed by atoms with Gasteiger partial charge in [-0.2, -0.15) is 10.2 Å². The van der Waals surface area contributed by atoms with Gasteiger partial charge in [0, 0.05) is 38.1 Å². The van der Waals surface area contributed by atoms with Crippen LogP contribution in [0.15, 0.2) is 70.9 Å². The number of hydrogen-bond donors (Lipinski definition) is 2. The molecule has 0 heterocycles. The van der Waals surface area contributed by atoms with Crippen LogP contribution in [-0.4, -0.2) is 24.2 Å². The fourth-order valence-electron chi connectivity index (χ4n) is 2.10. The third-order valence-corrected chi connectivity index (χ3v) is 3.48. The molecular formula is C20H22N4O2. The van der Waals surface area contributed by atoms with Gasteiger partial charge in [0.25, 0.3) is 0 Å². The highest BCUT2D eigenvalue weighted by Crippen LogP contribution is 1.98. The maximum atomic E-state index is 11.6. The van der Waals surface area contributed by atoms with E-state index in [1.54, 1.807) is 12.4 Å². The highest BCUT2D eigenvalue weighted by molar-refractivity contribution is 5.84. The number of rotatable bonds is 9. The van der Waals surface area contributed by atoms with Crippen LogP contribution in [0.2, 0.25) is 0 Å². The molecule has 0 saturated heterocycles. The zero-order valence-corrected chi connectivity index (χ0v) is 14.5. The van der Waals surface area contributed by atoms with Crippen molar-refractivity contribution in [1.82, 2.24) is 10.9 Å². The molecule has 2 rings (SSSR count). The van der Waals surface area contributed by atoms with Gasteiger partial charge in [0.15, 0.2) is 0 Å². The van der Waals surface area contributed by atoms with E-state index < -0.39 is 0 Å². The van der Waals surface area contributed by atoms with E-state index in [9.17, 15) is 9.59 Å². The third-order valence-electron chi connectivity index (χ3n) is 3.48. The van der Waals surface area contributed by atoms with Crippen molar-refractivity contribution in [1.29, 1.82) is 0 Å². The molecule has 2 aromatic carbocycles. The van der Waals surface area contributed by atoms with Gasteiger partial charge in [0.05, 0.1) is 0 Å². The van der Waals surface area contributed by atoms with Crippen molar-refractivity contribution in [3.63, 3.8) is 0 Å². The topological polar surface area (TPSA) is 82.9 Å². The van der Waals surface area contributed by atoms with Crippen LogP contribution in [0.1, 0.15) is 24.0 Å². The van der Waals surface area contributed by atoms with E-state index in [1.807, 2.05) is 60.7 Å². The van der Waals surface area contributed by atoms with Crippen molar-refractivity contribution in [2.45, 2.75) is 25.7 Å². The average molecular weight is 350 g/mol. The molecule has 26 heavy (non-hydrogen) atoms. The Morgan fingerprint density at radius 2 is 1.08 bits per heavy atom. The Kier molecular flexibility index (Phi) is 8.28. The Labute approximate surface area is 153 Å². The standard InChI is InChI=1S/C20H22N4O2/c25-19(23-21-15-13-17-7-3-1-4-8-17)11-12-20(26)24-22-16-14-18-9-5-2-6-10-18/h1-10,15-16H,11-14H2,(H,23,25)(H,24,26)/b21-15-,22-16-. The van der Waals surface area contributed by atoms with Crippen molar-refractivity contribution >= 4 is 24.2 Å². The van der Waals surface area contributed by atoms with E-state index in [1.165, 1.54) is 0 Å². The van der Waals surface area contributed by atoms with Gasteiger partial charge in [0.2, 0.25) is 11.8 Å². The number of amides is 2. The van der Waals surface area contributed by atoms with E-state index in [0.717, 1.165) is 11.1 Å². The first-order valence-corrected chi connectivity index (χ1v) is 8.42. The van der Waals surface area contributed by atoms with E-state index >= 15 is 0 Å². The lowest BCUT2D eigenvalue weighted by Crippen LogP contribution is -2.22. The second-order valence-electron chi connectivity index (χ2n) is 5.57. The van der Waals surface area contributed by atoms with Gasteiger partial charge in [-0.15, -0.1) is 0 Å². The number of carbonyl (C=O) groups excluding carboxylic acids is 2. The molecule has 0 spiro atoms. The van der Waals surface area contributed by atoms with Crippen molar-refractivity contribution in [3.05, 3.63) is 71.8 Å². The summed E-state index contributed by atoms with van der Waals surface area (Å²) >= 11 is 0. The normalized spacial score (nSPS) is 10.9. The van der Waals surface area contributed by atoms with E-state index in [2.05, 4.69) is 21.1 Å². The van der Waals surface area contributed by atoms with Gasteiger partial charge in [0.1, 0.15) is 0 Å². The van der Waals surface area contributed by atoms with Gasteiger partial charge in [-0.1, -0.05) is 60.7 Å². The summed E-state index contributed by atoms with van der Waals surface area (Å²) in [5, 5.41) is 7.74. The number of hydrazone groups is 2.